The van der Waals surface area contributed by atoms with Crippen molar-refractivity contribution in [2.45, 2.75) is 13.6 Å². The zero-order chi connectivity index (χ0) is 14.3. The molecule has 1 amide bonds. The van der Waals surface area contributed by atoms with Crippen LogP contribution in [-0.4, -0.2) is 36.5 Å². The lowest BCUT2D eigenvalue weighted by atomic mass is 10.5. The first kappa shape index (κ1) is 13.1. The summed E-state index contributed by atoms with van der Waals surface area (Å²) >= 11 is 0. The Bertz CT molecular complexity index is 767. The third-order valence-electron chi connectivity index (χ3n) is 3.12. The number of carbonyl (C=O) groups excluding carboxylic acids is 1. The van der Waals surface area contributed by atoms with Crippen LogP contribution in [-0.2, 0) is 25.6 Å². The molecule has 0 atom stereocenters. The summed E-state index contributed by atoms with van der Waals surface area (Å²) in [6.45, 7) is 1.65. The quantitative estimate of drug-likeness (QED) is 0.688. The molecule has 0 N–H and O–H groups in total. The summed E-state index contributed by atoms with van der Waals surface area (Å²) in [6, 6.07) is 0. The van der Waals surface area contributed by atoms with Gasteiger partial charge in [-0.25, -0.2) is 9.78 Å². The number of imidazole rings is 1. The summed E-state index contributed by atoms with van der Waals surface area (Å²) < 4.78 is 3.88. The highest BCUT2D eigenvalue weighted by Gasteiger charge is 2.15. The predicted octanol–water partition coefficient (Wildman–Crippen LogP) is -1.13. The minimum atomic E-state index is -0.428. The number of rotatable bonds is 2. The highest BCUT2D eigenvalue weighted by atomic mass is 16.2. The van der Waals surface area contributed by atoms with Crippen LogP contribution in [0.4, 0.5) is 0 Å². The molecule has 19 heavy (non-hydrogen) atoms. The second-order valence-corrected chi connectivity index (χ2v) is 4.45. The maximum Gasteiger partial charge on any atom is 0.332 e. The Morgan fingerprint density at radius 3 is 2.53 bits per heavy atom. The molecule has 2 heterocycles. The van der Waals surface area contributed by atoms with Gasteiger partial charge in [-0.05, 0) is 0 Å². The van der Waals surface area contributed by atoms with Crippen molar-refractivity contribution >= 4 is 17.1 Å². The molecule has 0 spiro atoms. The molecule has 102 valence electrons. The first-order valence-electron chi connectivity index (χ1n) is 5.67. The number of hydrogen-bond donors (Lipinski definition) is 0. The lowest BCUT2D eigenvalue weighted by molar-refractivity contribution is -0.128. The summed E-state index contributed by atoms with van der Waals surface area (Å²) in [5.41, 5.74) is -0.238. The molecule has 2 rings (SSSR count). The van der Waals surface area contributed by atoms with Crippen molar-refractivity contribution in [3.05, 3.63) is 27.2 Å². The van der Waals surface area contributed by atoms with Crippen LogP contribution in [0.5, 0.6) is 0 Å². The van der Waals surface area contributed by atoms with Crippen LogP contribution >= 0.6 is 0 Å². The van der Waals surface area contributed by atoms with Crippen LogP contribution in [0, 0.1) is 0 Å². The van der Waals surface area contributed by atoms with Crippen molar-refractivity contribution in [3.8, 4) is 0 Å². The second kappa shape index (κ2) is 4.38. The lowest BCUT2D eigenvalue weighted by Gasteiger charge is -2.15. The van der Waals surface area contributed by atoms with Gasteiger partial charge in [0.2, 0.25) is 5.91 Å². The molecule has 0 fully saturated rings. The molecule has 0 aromatic carbocycles. The summed E-state index contributed by atoms with van der Waals surface area (Å²) in [5.74, 6) is -0.122. The molecule has 2 aromatic heterocycles. The van der Waals surface area contributed by atoms with E-state index in [0.717, 1.165) is 4.57 Å². The van der Waals surface area contributed by atoms with Crippen molar-refractivity contribution < 1.29 is 4.79 Å². The van der Waals surface area contributed by atoms with Crippen LogP contribution < -0.4 is 11.2 Å². The minimum Gasteiger partial charge on any atom is -0.328 e. The molecule has 0 saturated carbocycles. The van der Waals surface area contributed by atoms with Gasteiger partial charge in [-0.1, -0.05) is 0 Å². The van der Waals surface area contributed by atoms with Gasteiger partial charge in [0.25, 0.3) is 5.56 Å². The van der Waals surface area contributed by atoms with Crippen LogP contribution in [0.3, 0.4) is 0 Å². The van der Waals surface area contributed by atoms with E-state index in [9.17, 15) is 14.4 Å². The third-order valence-corrected chi connectivity index (χ3v) is 3.12. The van der Waals surface area contributed by atoms with E-state index in [4.69, 9.17) is 0 Å². The first-order chi connectivity index (χ1) is 8.84. The molecular weight excluding hydrogens is 250 g/mol. The normalized spacial score (nSPS) is 10.9. The number of carbonyl (C=O) groups is 1. The van der Waals surface area contributed by atoms with Gasteiger partial charge in [-0.15, -0.1) is 0 Å². The third kappa shape index (κ3) is 1.94. The Morgan fingerprint density at radius 1 is 1.32 bits per heavy atom. The van der Waals surface area contributed by atoms with E-state index < -0.39 is 11.2 Å². The van der Waals surface area contributed by atoms with E-state index in [2.05, 4.69) is 4.98 Å². The largest absolute Gasteiger partial charge is 0.332 e. The molecule has 2 aromatic rings. The Labute approximate surface area is 108 Å². The second-order valence-electron chi connectivity index (χ2n) is 4.45. The zero-order valence-corrected chi connectivity index (χ0v) is 11.2. The summed E-state index contributed by atoms with van der Waals surface area (Å²) in [7, 11) is 4.59. The van der Waals surface area contributed by atoms with E-state index in [1.807, 2.05) is 0 Å². The van der Waals surface area contributed by atoms with Crippen molar-refractivity contribution in [2.24, 2.45) is 14.1 Å². The molecular formula is C11H15N5O3. The molecule has 0 aliphatic carbocycles. The molecule has 0 radical (unpaired) electrons. The highest BCUT2D eigenvalue weighted by molar-refractivity contribution is 5.73. The molecule has 0 bridgehead atoms. The van der Waals surface area contributed by atoms with E-state index in [-0.39, 0.29) is 12.6 Å². The van der Waals surface area contributed by atoms with Gasteiger partial charge >= 0.3 is 5.69 Å². The first-order valence-corrected chi connectivity index (χ1v) is 5.67. The van der Waals surface area contributed by atoms with Gasteiger partial charge < -0.3 is 9.47 Å². The Kier molecular flexibility index (Phi) is 3.01. The summed E-state index contributed by atoms with van der Waals surface area (Å²) in [5, 5.41) is 0. The van der Waals surface area contributed by atoms with Gasteiger partial charge in [0.05, 0.1) is 13.0 Å². The standard InChI is InChI=1S/C11H15N5O3/c1-7(17)13(2)6-16-5-12-9-8(16)10(18)15(4)11(19)14(9)3/h5H,6H2,1-4H3. The summed E-state index contributed by atoms with van der Waals surface area (Å²) in [4.78, 5) is 40.6. The van der Waals surface area contributed by atoms with Crippen molar-refractivity contribution in [3.63, 3.8) is 0 Å². The smallest absolute Gasteiger partial charge is 0.328 e. The number of aryl methyl sites for hydroxylation is 1. The Balaban J connectivity index is 2.70. The molecule has 8 nitrogen and oxygen atoms in total. The highest BCUT2D eigenvalue weighted by Crippen LogP contribution is 2.06. The lowest BCUT2D eigenvalue weighted by Crippen LogP contribution is -2.38. The monoisotopic (exact) mass is 265 g/mol. The average molecular weight is 265 g/mol. The molecule has 8 heteroatoms. The van der Waals surface area contributed by atoms with E-state index >= 15 is 0 Å². The van der Waals surface area contributed by atoms with Gasteiger partial charge in [0.1, 0.15) is 0 Å². The van der Waals surface area contributed by atoms with Crippen molar-refractivity contribution in [2.75, 3.05) is 7.05 Å². The predicted molar refractivity (Wildman–Crippen MR) is 68.7 cm³/mol. The number of nitrogens with zero attached hydrogens (tertiary/aromatic N) is 5. The zero-order valence-electron chi connectivity index (χ0n) is 11.2. The van der Waals surface area contributed by atoms with Crippen LogP contribution in [0.2, 0.25) is 0 Å². The number of aromatic nitrogens is 4. The maximum absolute atomic E-state index is 12.1. The maximum atomic E-state index is 12.1. The minimum absolute atomic E-state index is 0.122. The number of fused-ring (bicyclic) bond motifs is 1. The fraction of sp³-hybridized carbons (Fsp3) is 0.455. The molecule has 0 saturated heterocycles. The average Bonchev–Trinajstić information content (AvgIpc) is 2.77. The van der Waals surface area contributed by atoms with Crippen molar-refractivity contribution in [1.82, 2.24) is 23.6 Å². The fourth-order valence-electron chi connectivity index (χ4n) is 1.83. The molecule has 0 aliphatic rings. The Morgan fingerprint density at radius 2 is 1.95 bits per heavy atom. The van der Waals surface area contributed by atoms with Crippen molar-refractivity contribution in [1.29, 1.82) is 0 Å². The molecule has 0 aliphatic heterocycles. The van der Waals surface area contributed by atoms with Gasteiger partial charge in [-0.3, -0.25) is 18.7 Å². The van der Waals surface area contributed by atoms with E-state index in [0.29, 0.717) is 11.2 Å². The van der Waals surface area contributed by atoms with Crippen LogP contribution in [0.15, 0.2) is 15.9 Å². The van der Waals surface area contributed by atoms with Gasteiger partial charge in [0, 0.05) is 28.1 Å². The van der Waals surface area contributed by atoms with Crippen LogP contribution in [0.1, 0.15) is 6.92 Å². The SMILES string of the molecule is CC(=O)N(C)Cn1cnc2c1c(=O)n(C)c(=O)n2C. The van der Waals surface area contributed by atoms with Crippen LogP contribution in [0.25, 0.3) is 11.2 Å². The summed E-state index contributed by atoms with van der Waals surface area (Å²) in [6.07, 6.45) is 1.45. The Hall–Kier alpha value is -2.38. The number of amides is 1. The van der Waals surface area contributed by atoms with E-state index in [1.54, 1.807) is 18.7 Å². The fourth-order valence-corrected chi connectivity index (χ4v) is 1.83. The topological polar surface area (TPSA) is 82.1 Å². The van der Waals surface area contributed by atoms with Gasteiger partial charge in [-0.2, -0.15) is 0 Å². The molecule has 0 unspecified atom stereocenters. The number of hydrogen-bond acceptors (Lipinski definition) is 4. The van der Waals surface area contributed by atoms with Gasteiger partial charge in [0.15, 0.2) is 11.2 Å². The van der Waals surface area contributed by atoms with E-state index in [1.165, 1.54) is 29.8 Å².